The van der Waals surface area contributed by atoms with Crippen LogP contribution in [0.2, 0.25) is 5.82 Å². The van der Waals surface area contributed by atoms with Crippen LogP contribution in [0, 0.1) is 5.92 Å². The highest BCUT2D eigenvalue weighted by atomic mass is 16.7. The Kier molecular flexibility index (Phi) is 8.93. The second-order valence-electron chi connectivity index (χ2n) is 8.20. The maximum Gasteiger partial charge on any atom is 0.469 e. The van der Waals surface area contributed by atoms with Crippen molar-refractivity contribution in [2.75, 3.05) is 19.8 Å². The number of ether oxygens (including phenoxy) is 2. The number of hydrogen-bond donors (Lipinski definition) is 0. The van der Waals surface area contributed by atoms with E-state index in [1.54, 1.807) is 12.4 Å². The van der Waals surface area contributed by atoms with Crippen molar-refractivity contribution in [3.8, 4) is 0 Å². The maximum absolute atomic E-state index is 6.20. The molecule has 0 saturated carbocycles. The third kappa shape index (κ3) is 6.70. The average Bonchev–Trinajstić information content (AvgIpc) is 3.25. The van der Waals surface area contributed by atoms with Crippen molar-refractivity contribution in [1.29, 1.82) is 0 Å². The van der Waals surface area contributed by atoms with Gasteiger partial charge >= 0.3 is 7.12 Å². The SMILES string of the molecule is CC.CC1(C)OB(C2C=C/C=C/N=C/C(OCC3CCOC3)=C\C=C\2)OC1(C)C. The van der Waals surface area contributed by atoms with Crippen molar-refractivity contribution in [3.05, 3.63) is 48.4 Å². The molecular weight excluding hydrogens is 365 g/mol. The van der Waals surface area contributed by atoms with Gasteiger partial charge in [0.15, 0.2) is 0 Å². The highest BCUT2D eigenvalue weighted by molar-refractivity contribution is 6.49. The molecule has 0 amide bonds. The number of aliphatic imine (C=N–C) groups is 1. The first-order chi connectivity index (χ1) is 13.9. The van der Waals surface area contributed by atoms with E-state index in [-0.39, 0.29) is 24.1 Å². The van der Waals surface area contributed by atoms with Crippen LogP contribution in [0.1, 0.15) is 48.0 Å². The quantitative estimate of drug-likeness (QED) is 0.614. The van der Waals surface area contributed by atoms with Crippen LogP contribution in [0.25, 0.3) is 0 Å². The minimum atomic E-state index is -0.349. The Bertz CT molecular complexity index is 642. The molecule has 2 saturated heterocycles. The van der Waals surface area contributed by atoms with Crippen LogP contribution in [0.15, 0.2) is 53.4 Å². The highest BCUT2D eigenvalue weighted by Gasteiger charge is 2.52. The van der Waals surface area contributed by atoms with Gasteiger partial charge in [-0.15, -0.1) is 0 Å². The third-order valence-electron chi connectivity index (χ3n) is 5.51. The van der Waals surface area contributed by atoms with E-state index in [0.29, 0.717) is 12.5 Å². The molecule has 0 aromatic carbocycles. The summed E-state index contributed by atoms with van der Waals surface area (Å²) in [4.78, 5) is 4.29. The van der Waals surface area contributed by atoms with Crippen LogP contribution in [-0.2, 0) is 18.8 Å². The summed E-state index contributed by atoms with van der Waals surface area (Å²) in [6, 6.07) is 0. The Labute approximate surface area is 176 Å². The van der Waals surface area contributed by atoms with Crippen molar-refractivity contribution in [2.24, 2.45) is 10.9 Å². The molecule has 3 heterocycles. The molecule has 160 valence electrons. The standard InChI is InChI=1S/C21H30BNO4.C2H6/c1-20(2)21(3,4)27-22(26-20)18-8-5-6-12-23-14-19(10-7-9-18)25-16-17-11-13-24-15-17;1-2/h5-10,12,14,17-18H,11,13,15-16H2,1-4H3;1-2H3/b8-5?,9-7+,12-6+,19-10+,23-14+;. The summed E-state index contributed by atoms with van der Waals surface area (Å²) in [5.41, 5.74) is -0.698. The van der Waals surface area contributed by atoms with Gasteiger partial charge in [-0.3, -0.25) is 4.99 Å². The predicted molar refractivity (Wildman–Crippen MR) is 120 cm³/mol. The summed E-state index contributed by atoms with van der Waals surface area (Å²) < 4.78 is 23.7. The van der Waals surface area contributed by atoms with Crippen LogP contribution in [-0.4, -0.2) is 44.4 Å². The van der Waals surface area contributed by atoms with Gasteiger partial charge in [0.1, 0.15) is 5.76 Å². The van der Waals surface area contributed by atoms with E-state index in [2.05, 4.69) is 44.8 Å². The van der Waals surface area contributed by atoms with E-state index in [1.165, 1.54) is 0 Å². The van der Waals surface area contributed by atoms with Crippen LogP contribution >= 0.6 is 0 Å². The highest BCUT2D eigenvalue weighted by Crippen LogP contribution is 2.40. The molecule has 3 aliphatic rings. The van der Waals surface area contributed by atoms with Crippen LogP contribution < -0.4 is 0 Å². The van der Waals surface area contributed by atoms with Gasteiger partial charge in [0.05, 0.1) is 30.6 Å². The fraction of sp³-hybridized carbons (Fsp3) is 0.609. The van der Waals surface area contributed by atoms with Gasteiger partial charge in [-0.1, -0.05) is 38.2 Å². The molecule has 2 fully saturated rings. The Morgan fingerprint density at radius 3 is 2.41 bits per heavy atom. The fourth-order valence-corrected chi connectivity index (χ4v) is 3.04. The first-order valence-electron chi connectivity index (χ1n) is 10.7. The van der Waals surface area contributed by atoms with Crippen molar-refractivity contribution < 1.29 is 18.8 Å². The lowest BCUT2D eigenvalue weighted by Crippen LogP contribution is -2.41. The molecule has 0 N–H and O–H groups in total. The molecule has 29 heavy (non-hydrogen) atoms. The van der Waals surface area contributed by atoms with Crippen LogP contribution in [0.5, 0.6) is 0 Å². The zero-order valence-electron chi connectivity index (χ0n) is 18.8. The second kappa shape index (κ2) is 11.0. The summed E-state index contributed by atoms with van der Waals surface area (Å²) in [7, 11) is -0.328. The zero-order chi connectivity index (χ0) is 21.3. The predicted octanol–water partition coefficient (Wildman–Crippen LogP) is 5.12. The Morgan fingerprint density at radius 2 is 1.76 bits per heavy atom. The summed E-state index contributed by atoms with van der Waals surface area (Å²) in [5.74, 6) is 1.18. The van der Waals surface area contributed by atoms with Crippen molar-refractivity contribution in [1.82, 2.24) is 0 Å². The monoisotopic (exact) mass is 401 g/mol. The van der Waals surface area contributed by atoms with Gasteiger partial charge in [0, 0.05) is 24.5 Å². The second-order valence-corrected chi connectivity index (χ2v) is 8.20. The topological polar surface area (TPSA) is 49.3 Å². The number of nitrogens with zero attached hydrogens (tertiary/aromatic N) is 1. The molecular formula is C23H36BNO4. The van der Waals surface area contributed by atoms with Gasteiger partial charge in [0.25, 0.3) is 0 Å². The van der Waals surface area contributed by atoms with Gasteiger partial charge in [-0.25, -0.2) is 0 Å². The third-order valence-corrected chi connectivity index (χ3v) is 5.51. The molecule has 2 unspecified atom stereocenters. The van der Waals surface area contributed by atoms with E-state index in [0.717, 1.165) is 25.4 Å². The van der Waals surface area contributed by atoms with Crippen molar-refractivity contribution in [3.63, 3.8) is 0 Å². The smallest absolute Gasteiger partial charge is 0.469 e. The normalized spacial score (nSPS) is 32.9. The molecule has 0 bridgehead atoms. The number of allylic oxidation sites excluding steroid dienone is 7. The van der Waals surface area contributed by atoms with Gasteiger partial charge in [-0.05, 0) is 46.3 Å². The minimum absolute atomic E-state index is 0.00506. The van der Waals surface area contributed by atoms with Gasteiger partial charge in [0.2, 0.25) is 0 Å². The minimum Gasteiger partial charge on any atom is -0.492 e. The molecule has 0 aromatic heterocycles. The lowest BCUT2D eigenvalue weighted by molar-refractivity contribution is 0.00578. The van der Waals surface area contributed by atoms with Crippen molar-refractivity contribution >= 4 is 13.3 Å². The van der Waals surface area contributed by atoms with Gasteiger partial charge < -0.3 is 18.8 Å². The van der Waals surface area contributed by atoms with E-state index in [4.69, 9.17) is 18.8 Å². The largest absolute Gasteiger partial charge is 0.492 e. The lowest BCUT2D eigenvalue weighted by Gasteiger charge is -2.32. The molecule has 0 spiro atoms. The number of hydrogen-bond acceptors (Lipinski definition) is 5. The Morgan fingerprint density at radius 1 is 1.07 bits per heavy atom. The first kappa shape index (κ1) is 23.7. The van der Waals surface area contributed by atoms with E-state index in [9.17, 15) is 0 Å². The molecule has 0 aromatic rings. The Balaban J connectivity index is 0.00000145. The van der Waals surface area contributed by atoms with Crippen molar-refractivity contribution in [2.45, 2.75) is 65.0 Å². The van der Waals surface area contributed by atoms with Crippen LogP contribution in [0.3, 0.4) is 0 Å². The molecule has 0 aliphatic carbocycles. The van der Waals surface area contributed by atoms with E-state index in [1.807, 2.05) is 38.2 Å². The summed E-state index contributed by atoms with van der Waals surface area (Å²) in [6.07, 6.45) is 16.5. The van der Waals surface area contributed by atoms with E-state index < -0.39 is 0 Å². The summed E-state index contributed by atoms with van der Waals surface area (Å²) in [5, 5.41) is 0. The molecule has 5 nitrogen and oxygen atoms in total. The summed E-state index contributed by atoms with van der Waals surface area (Å²) >= 11 is 0. The molecule has 3 aliphatic heterocycles. The maximum atomic E-state index is 6.20. The van der Waals surface area contributed by atoms with E-state index >= 15 is 0 Å². The fourth-order valence-electron chi connectivity index (χ4n) is 3.04. The average molecular weight is 401 g/mol. The zero-order valence-corrected chi connectivity index (χ0v) is 18.8. The van der Waals surface area contributed by atoms with Gasteiger partial charge in [-0.2, -0.15) is 0 Å². The molecule has 2 atom stereocenters. The lowest BCUT2D eigenvalue weighted by atomic mass is 9.71. The number of rotatable bonds is 4. The molecule has 0 radical (unpaired) electrons. The Hall–Kier alpha value is -1.63. The van der Waals surface area contributed by atoms with Crippen LogP contribution in [0.4, 0.5) is 0 Å². The summed E-state index contributed by atoms with van der Waals surface area (Å²) in [6.45, 7) is 14.5. The first-order valence-corrected chi connectivity index (χ1v) is 10.7. The molecule has 3 rings (SSSR count). The molecule has 6 heteroatoms.